The molecular weight excluding hydrogens is 477 g/mol. The summed E-state index contributed by atoms with van der Waals surface area (Å²) in [6, 6.07) is 11.5. The van der Waals surface area contributed by atoms with Gasteiger partial charge >= 0.3 is 0 Å². The van der Waals surface area contributed by atoms with Gasteiger partial charge in [-0.25, -0.2) is 19.5 Å². The predicted octanol–water partition coefficient (Wildman–Crippen LogP) is 2.29. The van der Waals surface area contributed by atoms with E-state index in [4.69, 9.17) is 10.00 Å². The zero-order chi connectivity index (χ0) is 25.9. The fourth-order valence-electron chi connectivity index (χ4n) is 4.33. The van der Waals surface area contributed by atoms with Crippen molar-refractivity contribution in [3.8, 4) is 11.9 Å². The van der Waals surface area contributed by atoms with E-state index in [-0.39, 0.29) is 17.5 Å². The van der Waals surface area contributed by atoms with E-state index in [0.29, 0.717) is 59.7 Å². The molecule has 0 radical (unpaired) electrons. The zero-order valence-corrected chi connectivity index (χ0v) is 19.9. The van der Waals surface area contributed by atoms with Crippen molar-refractivity contribution in [2.75, 3.05) is 38.2 Å². The molecule has 1 aromatic carbocycles. The Morgan fingerprint density at radius 1 is 1.11 bits per heavy atom. The molecule has 1 aliphatic heterocycles. The molecule has 0 unspecified atom stereocenters. The van der Waals surface area contributed by atoms with E-state index in [9.17, 15) is 14.0 Å². The molecular formula is C26H22FN7O3. The van der Waals surface area contributed by atoms with Crippen LogP contribution in [-0.4, -0.2) is 64.3 Å². The molecule has 1 aliphatic rings. The molecule has 0 atom stereocenters. The number of halogens is 1. The van der Waals surface area contributed by atoms with Crippen molar-refractivity contribution in [3.05, 3.63) is 87.3 Å². The van der Waals surface area contributed by atoms with E-state index >= 15 is 0 Å². The molecule has 1 fully saturated rings. The van der Waals surface area contributed by atoms with Gasteiger partial charge in [-0.05, 0) is 29.8 Å². The molecule has 11 heteroatoms. The number of fused-ring (bicyclic) bond motifs is 1. The second-order valence-corrected chi connectivity index (χ2v) is 8.56. The smallest absolute Gasteiger partial charge is 0.273 e. The second kappa shape index (κ2) is 10.0. The third-order valence-corrected chi connectivity index (χ3v) is 6.34. The maximum atomic E-state index is 14.7. The lowest BCUT2D eigenvalue weighted by atomic mass is 10.0. The van der Waals surface area contributed by atoms with Gasteiger partial charge in [0.05, 0.1) is 29.3 Å². The summed E-state index contributed by atoms with van der Waals surface area (Å²) in [7, 11) is 1.48. The second-order valence-electron chi connectivity index (χ2n) is 8.56. The van der Waals surface area contributed by atoms with Gasteiger partial charge in [-0.2, -0.15) is 10.4 Å². The van der Waals surface area contributed by atoms with E-state index in [1.54, 1.807) is 29.2 Å². The zero-order valence-electron chi connectivity index (χ0n) is 19.9. The maximum absolute atomic E-state index is 14.7. The van der Waals surface area contributed by atoms with Crippen LogP contribution in [0.15, 0.2) is 53.6 Å². The molecule has 10 nitrogen and oxygen atoms in total. The van der Waals surface area contributed by atoms with E-state index in [1.807, 2.05) is 11.0 Å². The highest BCUT2D eigenvalue weighted by molar-refractivity contribution is 5.95. The first-order valence-electron chi connectivity index (χ1n) is 11.6. The number of aromatic nitrogens is 4. The highest BCUT2D eigenvalue weighted by atomic mass is 19.1. The van der Waals surface area contributed by atoms with E-state index < -0.39 is 11.7 Å². The van der Waals surface area contributed by atoms with Crippen LogP contribution in [0.2, 0.25) is 0 Å². The number of carbonyl (C=O) groups is 1. The molecule has 1 amide bonds. The number of nitrogens with one attached hydrogen (secondary N) is 1. The molecule has 0 saturated carbocycles. The summed E-state index contributed by atoms with van der Waals surface area (Å²) < 4.78 is 19.9. The Balaban J connectivity index is 1.34. The Hall–Kier alpha value is -4.85. The third kappa shape index (κ3) is 4.81. The Labute approximate surface area is 211 Å². The van der Waals surface area contributed by atoms with Crippen molar-refractivity contribution < 1.29 is 13.9 Å². The number of nitrogens with zero attached hydrogens (tertiary/aromatic N) is 6. The Kier molecular flexibility index (Phi) is 6.47. The number of benzene rings is 1. The topological polar surface area (TPSA) is 128 Å². The van der Waals surface area contributed by atoms with Crippen LogP contribution in [0.1, 0.15) is 27.2 Å². The molecule has 0 bridgehead atoms. The van der Waals surface area contributed by atoms with Crippen LogP contribution in [0.5, 0.6) is 5.88 Å². The number of piperazine rings is 1. The van der Waals surface area contributed by atoms with Gasteiger partial charge < -0.3 is 14.5 Å². The summed E-state index contributed by atoms with van der Waals surface area (Å²) in [6.45, 7) is 1.89. The summed E-state index contributed by atoms with van der Waals surface area (Å²) in [6.07, 6.45) is 3.20. The molecule has 0 spiro atoms. The van der Waals surface area contributed by atoms with E-state index in [1.165, 1.54) is 31.6 Å². The summed E-state index contributed by atoms with van der Waals surface area (Å²) >= 11 is 0. The number of rotatable bonds is 5. The summed E-state index contributed by atoms with van der Waals surface area (Å²) in [5.41, 5.74) is 1.30. The number of aromatic amines is 1. The van der Waals surface area contributed by atoms with Crippen molar-refractivity contribution in [3.63, 3.8) is 0 Å². The number of hydrogen-bond acceptors (Lipinski definition) is 8. The lowest BCUT2D eigenvalue weighted by molar-refractivity contribution is 0.0741. The molecule has 4 heterocycles. The van der Waals surface area contributed by atoms with Gasteiger partial charge in [0.2, 0.25) is 5.88 Å². The predicted molar refractivity (Wildman–Crippen MR) is 133 cm³/mol. The van der Waals surface area contributed by atoms with Gasteiger partial charge in [0, 0.05) is 56.4 Å². The molecule has 1 N–H and O–H groups in total. The average Bonchev–Trinajstić information content (AvgIpc) is 2.95. The number of anilines is 1. The van der Waals surface area contributed by atoms with Gasteiger partial charge in [0.15, 0.2) is 0 Å². The van der Waals surface area contributed by atoms with Crippen molar-refractivity contribution in [1.29, 1.82) is 5.26 Å². The lowest BCUT2D eigenvalue weighted by Gasteiger charge is -2.35. The van der Waals surface area contributed by atoms with Crippen LogP contribution >= 0.6 is 0 Å². The Morgan fingerprint density at radius 3 is 2.62 bits per heavy atom. The van der Waals surface area contributed by atoms with Crippen LogP contribution in [0.25, 0.3) is 10.8 Å². The lowest BCUT2D eigenvalue weighted by Crippen LogP contribution is -2.49. The maximum Gasteiger partial charge on any atom is 0.273 e. The summed E-state index contributed by atoms with van der Waals surface area (Å²) in [5, 5.41) is 16.5. The fourth-order valence-corrected chi connectivity index (χ4v) is 4.33. The van der Waals surface area contributed by atoms with E-state index in [0.717, 1.165) is 5.82 Å². The minimum atomic E-state index is -0.602. The number of methoxy groups -OCH3 is 1. The van der Waals surface area contributed by atoms with Crippen LogP contribution < -0.4 is 15.2 Å². The number of pyridine rings is 2. The van der Waals surface area contributed by atoms with Crippen LogP contribution in [0, 0.1) is 17.1 Å². The summed E-state index contributed by atoms with van der Waals surface area (Å²) in [4.78, 5) is 37.4. The molecule has 186 valence electrons. The minimum absolute atomic E-state index is 0.0181. The standard InChI is InChI=1S/C26H22FN7O3/c1-37-24-12-18-20(15-30-24)25(35)32-31-22(18)11-16-2-4-21(27)19(10-16)26(36)34-8-6-33(7-9-34)23-5-3-17(13-28)14-29-23/h2-5,10,12,14-15H,6-9,11H2,1H3,(H,32,35). The fraction of sp³-hybridized carbons (Fsp3) is 0.231. The SMILES string of the molecule is COc1cc2c(Cc3ccc(F)c(C(=O)N4CCN(c5ccc(C#N)cn5)CC4)c3)n[nH]c(=O)c2cn1. The van der Waals surface area contributed by atoms with Crippen molar-refractivity contribution in [2.45, 2.75) is 6.42 Å². The average molecular weight is 500 g/mol. The highest BCUT2D eigenvalue weighted by Crippen LogP contribution is 2.22. The number of H-pyrrole nitrogens is 1. The van der Waals surface area contributed by atoms with Gasteiger partial charge in [0.1, 0.15) is 17.7 Å². The van der Waals surface area contributed by atoms with Crippen molar-refractivity contribution in [2.24, 2.45) is 0 Å². The minimum Gasteiger partial charge on any atom is -0.481 e. The van der Waals surface area contributed by atoms with Gasteiger partial charge in [-0.15, -0.1) is 0 Å². The van der Waals surface area contributed by atoms with Crippen LogP contribution in [0.4, 0.5) is 10.2 Å². The molecule has 5 rings (SSSR count). The number of ether oxygens (including phenoxy) is 1. The van der Waals surface area contributed by atoms with E-state index in [2.05, 4.69) is 20.2 Å². The van der Waals surface area contributed by atoms with Gasteiger partial charge in [-0.1, -0.05) is 6.07 Å². The van der Waals surface area contributed by atoms with Crippen LogP contribution in [-0.2, 0) is 6.42 Å². The Bertz CT molecular complexity index is 1570. The number of carbonyl (C=O) groups excluding carboxylic acids is 1. The van der Waals surface area contributed by atoms with Crippen LogP contribution in [0.3, 0.4) is 0 Å². The highest BCUT2D eigenvalue weighted by Gasteiger charge is 2.25. The number of amides is 1. The third-order valence-electron chi connectivity index (χ3n) is 6.34. The molecule has 0 aliphatic carbocycles. The largest absolute Gasteiger partial charge is 0.481 e. The van der Waals surface area contributed by atoms with Gasteiger partial charge in [0.25, 0.3) is 11.5 Å². The first kappa shape index (κ1) is 23.9. The normalized spacial score (nSPS) is 13.4. The van der Waals surface area contributed by atoms with Crippen molar-refractivity contribution >= 4 is 22.5 Å². The molecule has 4 aromatic rings. The first-order valence-corrected chi connectivity index (χ1v) is 11.6. The summed E-state index contributed by atoms with van der Waals surface area (Å²) in [5.74, 6) is 0.0743. The molecule has 3 aromatic heterocycles. The molecule has 37 heavy (non-hydrogen) atoms. The first-order chi connectivity index (χ1) is 18.0. The van der Waals surface area contributed by atoms with Crippen molar-refractivity contribution in [1.82, 2.24) is 25.1 Å². The Morgan fingerprint density at radius 2 is 1.92 bits per heavy atom. The number of nitriles is 1. The van der Waals surface area contributed by atoms with Gasteiger partial charge in [-0.3, -0.25) is 9.59 Å². The monoisotopic (exact) mass is 499 g/mol. The quantitative estimate of drug-likeness (QED) is 0.443. The number of hydrogen-bond donors (Lipinski definition) is 1. The molecule has 1 saturated heterocycles.